The Morgan fingerprint density at radius 2 is 1.84 bits per heavy atom. The van der Waals surface area contributed by atoms with Crippen molar-refractivity contribution in [1.29, 1.82) is 5.26 Å². The molecule has 5 nitrogen and oxygen atoms in total. The molecule has 0 spiro atoms. The van der Waals surface area contributed by atoms with E-state index in [4.69, 9.17) is 16.0 Å². The number of halogens is 1. The van der Waals surface area contributed by atoms with Crippen LogP contribution in [0.2, 0.25) is 5.02 Å². The van der Waals surface area contributed by atoms with Gasteiger partial charge in [-0.25, -0.2) is 0 Å². The number of rotatable bonds is 4. The van der Waals surface area contributed by atoms with E-state index in [0.29, 0.717) is 33.2 Å². The first-order valence-electron chi connectivity index (χ1n) is 7.30. The van der Waals surface area contributed by atoms with Crippen molar-refractivity contribution in [1.82, 2.24) is 0 Å². The summed E-state index contributed by atoms with van der Waals surface area (Å²) in [5.41, 5.74) is 1.73. The van der Waals surface area contributed by atoms with Crippen LogP contribution in [-0.2, 0) is 0 Å². The molecular formula is C19H11ClN2O3. The molecule has 122 valence electrons. The summed E-state index contributed by atoms with van der Waals surface area (Å²) in [6, 6.07) is 18.7. The van der Waals surface area contributed by atoms with E-state index in [0.717, 1.165) is 0 Å². The normalized spacial score (nSPS) is 11.1. The molecule has 0 saturated heterocycles. The van der Waals surface area contributed by atoms with Crippen LogP contribution in [0.1, 0.15) is 11.3 Å². The van der Waals surface area contributed by atoms with Gasteiger partial charge in [0.2, 0.25) is 0 Å². The van der Waals surface area contributed by atoms with Crippen LogP contribution in [0.15, 0.2) is 65.1 Å². The molecule has 1 heterocycles. The zero-order chi connectivity index (χ0) is 17.8. The summed E-state index contributed by atoms with van der Waals surface area (Å²) in [5, 5.41) is 20.6. The van der Waals surface area contributed by atoms with Crippen molar-refractivity contribution in [2.75, 3.05) is 0 Å². The Bertz CT molecular complexity index is 998. The van der Waals surface area contributed by atoms with Gasteiger partial charge in [-0.05, 0) is 36.4 Å². The molecule has 0 unspecified atom stereocenters. The lowest BCUT2D eigenvalue weighted by molar-refractivity contribution is -0.384. The molecule has 0 aliphatic carbocycles. The van der Waals surface area contributed by atoms with Gasteiger partial charge in [0, 0.05) is 28.3 Å². The van der Waals surface area contributed by atoms with Gasteiger partial charge in [0.25, 0.3) is 5.69 Å². The number of nitriles is 1. The van der Waals surface area contributed by atoms with Crippen LogP contribution in [0.3, 0.4) is 0 Å². The highest BCUT2D eigenvalue weighted by atomic mass is 35.5. The Morgan fingerprint density at radius 1 is 1.12 bits per heavy atom. The molecule has 2 aromatic carbocycles. The number of furan rings is 1. The molecule has 0 aliphatic heterocycles. The second-order valence-corrected chi connectivity index (χ2v) is 5.56. The molecule has 0 fully saturated rings. The summed E-state index contributed by atoms with van der Waals surface area (Å²) in [4.78, 5) is 10.2. The van der Waals surface area contributed by atoms with E-state index in [9.17, 15) is 15.4 Å². The topological polar surface area (TPSA) is 80.1 Å². The minimum absolute atomic E-state index is 0.0147. The van der Waals surface area contributed by atoms with Crippen molar-refractivity contribution in [3.8, 4) is 17.4 Å². The van der Waals surface area contributed by atoms with E-state index in [-0.39, 0.29) is 5.69 Å². The van der Waals surface area contributed by atoms with Crippen LogP contribution in [0.4, 0.5) is 5.69 Å². The van der Waals surface area contributed by atoms with E-state index in [1.54, 1.807) is 54.6 Å². The largest absolute Gasteiger partial charge is 0.457 e. The number of non-ortho nitro benzene ring substituents is 1. The third-order valence-electron chi connectivity index (χ3n) is 3.56. The van der Waals surface area contributed by atoms with Gasteiger partial charge in [-0.3, -0.25) is 10.1 Å². The summed E-state index contributed by atoms with van der Waals surface area (Å²) in [6.45, 7) is 0. The minimum Gasteiger partial charge on any atom is -0.457 e. The molecule has 0 radical (unpaired) electrons. The molecule has 1 aromatic heterocycles. The Labute approximate surface area is 148 Å². The number of hydrogen-bond donors (Lipinski definition) is 0. The van der Waals surface area contributed by atoms with Crippen molar-refractivity contribution >= 4 is 28.9 Å². The fraction of sp³-hybridized carbons (Fsp3) is 0. The van der Waals surface area contributed by atoms with Gasteiger partial charge >= 0.3 is 0 Å². The van der Waals surface area contributed by atoms with Crippen LogP contribution in [0.25, 0.3) is 23.0 Å². The lowest BCUT2D eigenvalue weighted by atomic mass is 10.1. The van der Waals surface area contributed by atoms with E-state index in [1.807, 2.05) is 0 Å². The Hall–Kier alpha value is -3.36. The van der Waals surface area contributed by atoms with Gasteiger partial charge in [0.15, 0.2) is 0 Å². The second-order valence-electron chi connectivity index (χ2n) is 5.16. The van der Waals surface area contributed by atoms with Crippen molar-refractivity contribution in [2.24, 2.45) is 0 Å². The predicted octanol–water partition coefficient (Wildman–Crippen LogP) is 5.57. The number of benzene rings is 2. The van der Waals surface area contributed by atoms with Gasteiger partial charge < -0.3 is 4.42 Å². The molecule has 3 rings (SSSR count). The molecular weight excluding hydrogens is 340 g/mol. The second kappa shape index (κ2) is 7.04. The molecule has 3 aromatic rings. The van der Waals surface area contributed by atoms with Crippen LogP contribution in [0.5, 0.6) is 0 Å². The van der Waals surface area contributed by atoms with E-state index < -0.39 is 4.92 Å². The number of nitro groups is 1. The van der Waals surface area contributed by atoms with E-state index in [2.05, 4.69) is 6.07 Å². The first-order chi connectivity index (χ1) is 12.1. The fourth-order valence-electron chi connectivity index (χ4n) is 2.33. The van der Waals surface area contributed by atoms with Crippen molar-refractivity contribution in [3.05, 3.63) is 87.1 Å². The van der Waals surface area contributed by atoms with Crippen LogP contribution < -0.4 is 0 Å². The van der Waals surface area contributed by atoms with Crippen LogP contribution >= 0.6 is 11.6 Å². The zero-order valence-electron chi connectivity index (χ0n) is 12.8. The number of nitrogens with zero attached hydrogens (tertiary/aromatic N) is 2. The molecule has 0 N–H and O–H groups in total. The predicted molar refractivity (Wildman–Crippen MR) is 95.7 cm³/mol. The summed E-state index contributed by atoms with van der Waals surface area (Å²) >= 11 is 6.13. The highest BCUT2D eigenvalue weighted by Crippen LogP contribution is 2.28. The lowest BCUT2D eigenvalue weighted by Gasteiger charge is -2.01. The first-order valence-corrected chi connectivity index (χ1v) is 7.67. The Morgan fingerprint density at radius 3 is 2.48 bits per heavy atom. The average Bonchev–Trinajstić information content (AvgIpc) is 3.09. The highest BCUT2D eigenvalue weighted by molar-refractivity contribution is 6.32. The third-order valence-corrected chi connectivity index (χ3v) is 3.89. The maximum atomic E-state index is 10.7. The summed E-state index contributed by atoms with van der Waals surface area (Å²) in [6.07, 6.45) is 1.61. The van der Waals surface area contributed by atoms with Gasteiger partial charge in [0.1, 0.15) is 11.5 Å². The molecule has 0 bridgehead atoms. The molecule has 0 aliphatic rings. The fourth-order valence-corrected chi connectivity index (χ4v) is 2.56. The molecule has 25 heavy (non-hydrogen) atoms. The van der Waals surface area contributed by atoms with E-state index >= 15 is 0 Å². The molecule has 6 heteroatoms. The van der Waals surface area contributed by atoms with Gasteiger partial charge in [-0.1, -0.05) is 29.8 Å². The maximum absolute atomic E-state index is 10.7. The quantitative estimate of drug-likeness (QED) is 0.350. The Balaban J connectivity index is 1.92. The Kier molecular flexibility index (Phi) is 4.64. The summed E-state index contributed by atoms with van der Waals surface area (Å²) in [7, 11) is 0. The number of nitro benzene ring substituents is 1. The average molecular weight is 351 g/mol. The maximum Gasteiger partial charge on any atom is 0.269 e. The number of allylic oxidation sites excluding steroid dienone is 1. The zero-order valence-corrected chi connectivity index (χ0v) is 13.6. The number of hydrogen-bond acceptors (Lipinski definition) is 4. The standard InChI is InChI=1S/C19H11ClN2O3/c20-18-4-2-1-3-17(18)14(12-21)11-16-9-10-19(25-16)13-5-7-15(8-6-13)22(23)24/h1-11H/b14-11-. The summed E-state index contributed by atoms with van der Waals surface area (Å²) < 4.78 is 5.72. The SMILES string of the molecule is N#C/C(=C/c1ccc(-c2ccc([N+](=O)[O-])cc2)o1)c1ccccc1Cl. The first kappa shape index (κ1) is 16.5. The van der Waals surface area contributed by atoms with Crippen LogP contribution in [0, 0.1) is 21.4 Å². The smallest absolute Gasteiger partial charge is 0.269 e. The van der Waals surface area contributed by atoms with Gasteiger partial charge in [-0.15, -0.1) is 0 Å². The molecule has 0 saturated carbocycles. The lowest BCUT2D eigenvalue weighted by Crippen LogP contribution is -1.86. The van der Waals surface area contributed by atoms with Gasteiger partial charge in [0.05, 0.1) is 16.6 Å². The van der Waals surface area contributed by atoms with Crippen molar-refractivity contribution < 1.29 is 9.34 Å². The van der Waals surface area contributed by atoms with Gasteiger partial charge in [-0.2, -0.15) is 5.26 Å². The molecule has 0 amide bonds. The minimum atomic E-state index is -0.455. The van der Waals surface area contributed by atoms with Crippen molar-refractivity contribution in [2.45, 2.75) is 0 Å². The molecule has 0 atom stereocenters. The van der Waals surface area contributed by atoms with E-state index in [1.165, 1.54) is 12.1 Å². The highest BCUT2D eigenvalue weighted by Gasteiger charge is 2.10. The monoisotopic (exact) mass is 350 g/mol. The van der Waals surface area contributed by atoms with Crippen molar-refractivity contribution in [3.63, 3.8) is 0 Å². The third kappa shape index (κ3) is 3.60. The van der Waals surface area contributed by atoms with Crippen LogP contribution in [-0.4, -0.2) is 4.92 Å². The summed E-state index contributed by atoms with van der Waals surface area (Å²) in [5.74, 6) is 1.04.